The lowest BCUT2D eigenvalue weighted by atomic mass is 10.1. The summed E-state index contributed by atoms with van der Waals surface area (Å²) in [4.78, 5) is 22.2. The first kappa shape index (κ1) is 25.3. The second-order valence-corrected chi connectivity index (χ2v) is 11.7. The number of fused-ring (bicyclic) bond motifs is 1. The molecule has 0 bridgehead atoms. The monoisotopic (exact) mass is 488 g/mol. The zero-order valence-corrected chi connectivity index (χ0v) is 21.9. The lowest BCUT2D eigenvalue weighted by molar-refractivity contribution is 0.0985. The van der Waals surface area contributed by atoms with Crippen LogP contribution >= 0.6 is 11.3 Å². The predicted molar refractivity (Wildman–Crippen MR) is 136 cm³/mol. The van der Waals surface area contributed by atoms with Gasteiger partial charge in [0.2, 0.25) is 10.0 Å². The number of rotatable bonds is 8. The fourth-order valence-electron chi connectivity index (χ4n) is 3.32. The van der Waals surface area contributed by atoms with Crippen LogP contribution in [0.25, 0.3) is 10.2 Å². The topological polar surface area (TPSA) is 73.8 Å². The Kier molecular flexibility index (Phi) is 7.58. The summed E-state index contributed by atoms with van der Waals surface area (Å²) >= 11 is 1.51. The van der Waals surface area contributed by atoms with E-state index in [-0.39, 0.29) is 16.8 Å². The minimum absolute atomic E-state index is 0.163. The van der Waals surface area contributed by atoms with Gasteiger partial charge in [-0.1, -0.05) is 23.5 Å². The summed E-state index contributed by atoms with van der Waals surface area (Å²) in [5.41, 5.74) is 3.54. The Hall–Kier alpha value is -2.33. The predicted octanol–water partition coefficient (Wildman–Crippen LogP) is 4.15. The van der Waals surface area contributed by atoms with Crippen LogP contribution in [-0.4, -0.2) is 68.8 Å². The van der Waals surface area contributed by atoms with E-state index < -0.39 is 10.0 Å². The Labute approximate surface area is 200 Å². The summed E-state index contributed by atoms with van der Waals surface area (Å²) in [7, 11) is 1.86. The van der Waals surface area contributed by atoms with Crippen molar-refractivity contribution in [2.75, 3.05) is 39.1 Å². The highest BCUT2D eigenvalue weighted by molar-refractivity contribution is 7.89. The largest absolute Gasteiger partial charge is 0.308 e. The second-order valence-electron chi connectivity index (χ2n) is 8.77. The SMILES string of the molecule is Cc1ccc(C)c2sc(N(CCN(C)C)C(=O)c3ccc(S(=O)(=O)N(C)C(C)C)cc3)nc12. The summed E-state index contributed by atoms with van der Waals surface area (Å²) < 4.78 is 27.9. The number of hydrogen-bond acceptors (Lipinski definition) is 6. The highest BCUT2D eigenvalue weighted by Gasteiger charge is 2.25. The molecule has 2 aromatic carbocycles. The Morgan fingerprint density at radius 2 is 1.58 bits per heavy atom. The molecule has 178 valence electrons. The first-order valence-corrected chi connectivity index (χ1v) is 13.1. The number of thiazole rings is 1. The van der Waals surface area contributed by atoms with E-state index in [4.69, 9.17) is 4.98 Å². The standard InChI is InChI=1S/C24H32N4O3S2/c1-16(2)27(7)33(30,31)20-12-10-19(11-13-20)23(29)28(15-14-26(5)6)24-25-21-17(3)8-9-18(4)22(21)32-24/h8-13,16H,14-15H2,1-7H3. The van der Waals surface area contributed by atoms with Gasteiger partial charge in [-0.2, -0.15) is 4.31 Å². The Balaban J connectivity index is 1.98. The highest BCUT2D eigenvalue weighted by Crippen LogP contribution is 2.33. The number of anilines is 1. The van der Waals surface area contributed by atoms with E-state index in [2.05, 4.69) is 6.07 Å². The number of sulfonamides is 1. The number of aromatic nitrogens is 1. The fraction of sp³-hybridized carbons (Fsp3) is 0.417. The lowest BCUT2D eigenvalue weighted by Crippen LogP contribution is -2.37. The van der Waals surface area contributed by atoms with Gasteiger partial charge in [-0.3, -0.25) is 9.69 Å². The third kappa shape index (κ3) is 5.27. The molecular formula is C24H32N4O3S2. The quantitative estimate of drug-likeness (QED) is 0.476. The van der Waals surface area contributed by atoms with Crippen LogP contribution in [0.4, 0.5) is 5.13 Å². The zero-order chi connectivity index (χ0) is 24.5. The van der Waals surface area contributed by atoms with Gasteiger partial charge in [0.05, 0.1) is 15.1 Å². The summed E-state index contributed by atoms with van der Waals surface area (Å²) in [5.74, 6) is -0.202. The van der Waals surface area contributed by atoms with Crippen LogP contribution in [0.3, 0.4) is 0 Å². The highest BCUT2D eigenvalue weighted by atomic mass is 32.2. The molecule has 0 aliphatic carbocycles. The van der Waals surface area contributed by atoms with Gasteiger partial charge in [0, 0.05) is 31.7 Å². The third-order valence-corrected chi connectivity index (χ3v) is 8.94. The van der Waals surface area contributed by atoms with Crippen molar-refractivity contribution in [3.8, 4) is 0 Å². The summed E-state index contributed by atoms with van der Waals surface area (Å²) in [6.45, 7) is 8.85. The van der Waals surface area contributed by atoms with Crippen molar-refractivity contribution >= 4 is 42.6 Å². The molecule has 9 heteroatoms. The number of nitrogens with zero attached hydrogens (tertiary/aromatic N) is 4. The number of carbonyl (C=O) groups is 1. The van der Waals surface area contributed by atoms with E-state index in [0.29, 0.717) is 23.8 Å². The molecule has 0 saturated heterocycles. The maximum atomic E-state index is 13.5. The van der Waals surface area contributed by atoms with Crippen molar-refractivity contribution in [2.45, 2.75) is 38.6 Å². The molecule has 1 amide bonds. The van der Waals surface area contributed by atoms with Crippen molar-refractivity contribution < 1.29 is 13.2 Å². The van der Waals surface area contributed by atoms with Crippen molar-refractivity contribution in [3.05, 3.63) is 53.1 Å². The van der Waals surface area contributed by atoms with Crippen molar-refractivity contribution in [3.63, 3.8) is 0 Å². The zero-order valence-electron chi connectivity index (χ0n) is 20.3. The van der Waals surface area contributed by atoms with Crippen LogP contribution in [0.5, 0.6) is 0 Å². The summed E-state index contributed by atoms with van der Waals surface area (Å²) in [6, 6.07) is 10.1. The van der Waals surface area contributed by atoms with Gasteiger partial charge >= 0.3 is 0 Å². The molecule has 33 heavy (non-hydrogen) atoms. The Morgan fingerprint density at radius 1 is 0.970 bits per heavy atom. The first-order valence-electron chi connectivity index (χ1n) is 10.8. The average molecular weight is 489 g/mol. The van der Waals surface area contributed by atoms with Crippen molar-refractivity contribution in [1.29, 1.82) is 0 Å². The molecule has 7 nitrogen and oxygen atoms in total. The van der Waals surface area contributed by atoms with Crippen LogP contribution in [-0.2, 0) is 10.0 Å². The molecule has 0 atom stereocenters. The molecule has 0 spiro atoms. The lowest BCUT2D eigenvalue weighted by Gasteiger charge is -2.23. The molecule has 0 aliphatic rings. The van der Waals surface area contributed by atoms with E-state index in [1.165, 1.54) is 27.8 Å². The van der Waals surface area contributed by atoms with Gasteiger partial charge in [0.15, 0.2) is 5.13 Å². The van der Waals surface area contributed by atoms with E-state index in [9.17, 15) is 13.2 Å². The smallest absolute Gasteiger partial charge is 0.260 e. The molecule has 1 aromatic heterocycles. The molecule has 0 radical (unpaired) electrons. The van der Waals surface area contributed by atoms with Gasteiger partial charge in [-0.05, 0) is 77.2 Å². The molecule has 0 N–H and O–H groups in total. The van der Waals surface area contributed by atoms with E-state index >= 15 is 0 Å². The van der Waals surface area contributed by atoms with Crippen LogP contribution in [0.15, 0.2) is 41.3 Å². The van der Waals surface area contributed by atoms with Crippen LogP contribution < -0.4 is 4.90 Å². The molecule has 0 fully saturated rings. The third-order valence-electron chi connectivity index (χ3n) is 5.68. The first-order chi connectivity index (χ1) is 15.4. The molecule has 0 unspecified atom stereocenters. The molecule has 3 aromatic rings. The molecular weight excluding hydrogens is 456 g/mol. The van der Waals surface area contributed by atoms with Gasteiger partial charge in [0.1, 0.15) is 0 Å². The minimum Gasteiger partial charge on any atom is -0.308 e. The molecule has 0 aliphatic heterocycles. The maximum Gasteiger partial charge on any atom is 0.260 e. The number of amides is 1. The van der Waals surface area contributed by atoms with Gasteiger partial charge in [-0.25, -0.2) is 13.4 Å². The molecule has 3 rings (SSSR count). The molecule has 0 saturated carbocycles. The fourth-order valence-corrected chi connectivity index (χ4v) is 5.82. The Morgan fingerprint density at radius 3 is 2.12 bits per heavy atom. The second kappa shape index (κ2) is 9.89. The van der Waals surface area contributed by atoms with Crippen LogP contribution in [0.1, 0.15) is 35.3 Å². The van der Waals surface area contributed by atoms with Gasteiger partial charge in [-0.15, -0.1) is 0 Å². The van der Waals surface area contributed by atoms with E-state index in [0.717, 1.165) is 21.3 Å². The minimum atomic E-state index is -3.61. The number of carbonyl (C=O) groups excluding carboxylic acids is 1. The number of benzene rings is 2. The number of aryl methyl sites for hydroxylation is 2. The average Bonchev–Trinajstić information content (AvgIpc) is 3.22. The van der Waals surface area contributed by atoms with Gasteiger partial charge in [0.25, 0.3) is 5.91 Å². The van der Waals surface area contributed by atoms with Crippen LogP contribution in [0.2, 0.25) is 0 Å². The van der Waals surface area contributed by atoms with Crippen molar-refractivity contribution in [2.24, 2.45) is 0 Å². The normalized spacial score (nSPS) is 12.3. The van der Waals surface area contributed by atoms with Crippen LogP contribution in [0, 0.1) is 13.8 Å². The summed E-state index contributed by atoms with van der Waals surface area (Å²) in [5, 5.41) is 0.644. The van der Waals surface area contributed by atoms with Crippen molar-refractivity contribution in [1.82, 2.24) is 14.2 Å². The van der Waals surface area contributed by atoms with E-state index in [1.807, 2.05) is 52.8 Å². The maximum absolute atomic E-state index is 13.5. The summed E-state index contributed by atoms with van der Waals surface area (Å²) in [6.07, 6.45) is 0. The number of hydrogen-bond donors (Lipinski definition) is 0. The van der Waals surface area contributed by atoms with Gasteiger partial charge < -0.3 is 4.90 Å². The number of likely N-dealkylation sites (N-methyl/N-ethyl adjacent to an activating group) is 1. The molecule has 1 heterocycles. The van der Waals surface area contributed by atoms with E-state index in [1.54, 1.807) is 24.1 Å². The Bertz CT molecular complexity index is 1210.